The van der Waals surface area contributed by atoms with E-state index in [0.717, 1.165) is 0 Å². The molecule has 2 N–H and O–H groups in total. The SMILES string of the molecule is Cn1c(=O)[nH]c2cc(NS(=O)(=O)c3ccc(Cl)cc3)ccc21. The van der Waals surface area contributed by atoms with Gasteiger partial charge >= 0.3 is 5.69 Å². The van der Waals surface area contributed by atoms with Crippen LogP contribution < -0.4 is 10.4 Å². The number of rotatable bonds is 3. The maximum atomic E-state index is 12.3. The standard InChI is InChI=1S/C14H12ClN3O3S/c1-18-13-7-4-10(8-12(13)16-14(18)19)17-22(20,21)11-5-2-9(15)3-6-11/h2-8,17H,1H3,(H,16,19). The van der Waals surface area contributed by atoms with E-state index in [1.54, 1.807) is 25.2 Å². The number of fused-ring (bicyclic) bond motifs is 1. The third-order valence-electron chi connectivity index (χ3n) is 3.28. The summed E-state index contributed by atoms with van der Waals surface area (Å²) in [7, 11) is -2.07. The summed E-state index contributed by atoms with van der Waals surface area (Å²) in [6.07, 6.45) is 0. The van der Waals surface area contributed by atoms with Crippen LogP contribution in [-0.2, 0) is 17.1 Å². The second-order valence-electron chi connectivity index (χ2n) is 4.78. The third-order valence-corrected chi connectivity index (χ3v) is 4.93. The number of nitrogens with zero attached hydrogens (tertiary/aromatic N) is 1. The van der Waals surface area contributed by atoms with Crippen LogP contribution in [0.4, 0.5) is 5.69 Å². The van der Waals surface area contributed by atoms with Gasteiger partial charge in [-0.3, -0.25) is 9.29 Å². The van der Waals surface area contributed by atoms with Gasteiger partial charge in [-0.25, -0.2) is 13.2 Å². The molecule has 0 atom stereocenters. The number of aromatic amines is 1. The molecular formula is C14H12ClN3O3S. The monoisotopic (exact) mass is 337 g/mol. The summed E-state index contributed by atoms with van der Waals surface area (Å²) in [6.45, 7) is 0. The number of hydrogen-bond donors (Lipinski definition) is 2. The zero-order valence-corrected chi connectivity index (χ0v) is 13.1. The van der Waals surface area contributed by atoms with Gasteiger partial charge in [0, 0.05) is 12.1 Å². The summed E-state index contributed by atoms with van der Waals surface area (Å²) < 4.78 is 28.5. The number of anilines is 1. The fourth-order valence-electron chi connectivity index (χ4n) is 2.13. The fraction of sp³-hybridized carbons (Fsp3) is 0.0714. The van der Waals surface area contributed by atoms with Gasteiger partial charge in [-0.1, -0.05) is 11.6 Å². The molecule has 1 heterocycles. The predicted octanol–water partition coefficient (Wildman–Crippen LogP) is 2.32. The molecule has 3 aromatic rings. The molecule has 1 aromatic heterocycles. The van der Waals surface area contributed by atoms with E-state index in [4.69, 9.17) is 11.6 Å². The van der Waals surface area contributed by atoms with E-state index in [2.05, 4.69) is 9.71 Å². The van der Waals surface area contributed by atoms with Crippen molar-refractivity contribution in [3.63, 3.8) is 0 Å². The van der Waals surface area contributed by atoms with Gasteiger partial charge in [0.05, 0.1) is 21.6 Å². The Morgan fingerprint density at radius 3 is 2.50 bits per heavy atom. The molecule has 0 fully saturated rings. The minimum absolute atomic E-state index is 0.110. The lowest BCUT2D eigenvalue weighted by Gasteiger charge is -2.08. The maximum absolute atomic E-state index is 12.3. The Bertz CT molecular complexity index is 1000. The Labute approximate surface area is 131 Å². The number of nitrogens with one attached hydrogen (secondary N) is 2. The summed E-state index contributed by atoms with van der Waals surface area (Å²) in [5, 5.41) is 0.460. The van der Waals surface area contributed by atoms with Crippen molar-refractivity contribution < 1.29 is 8.42 Å². The van der Waals surface area contributed by atoms with Gasteiger partial charge in [0.25, 0.3) is 10.0 Å². The molecule has 0 aliphatic rings. The summed E-state index contributed by atoms with van der Waals surface area (Å²) >= 11 is 5.75. The first-order valence-corrected chi connectivity index (χ1v) is 8.20. The highest BCUT2D eigenvalue weighted by Crippen LogP contribution is 2.21. The number of aryl methyl sites for hydroxylation is 1. The highest BCUT2D eigenvalue weighted by atomic mass is 35.5. The van der Waals surface area contributed by atoms with Gasteiger partial charge in [0.15, 0.2) is 0 Å². The Kier molecular flexibility index (Phi) is 3.46. The van der Waals surface area contributed by atoms with Crippen LogP contribution in [0, 0.1) is 0 Å². The number of hydrogen-bond acceptors (Lipinski definition) is 3. The van der Waals surface area contributed by atoms with Crippen LogP contribution in [0.5, 0.6) is 0 Å². The summed E-state index contributed by atoms with van der Waals surface area (Å²) in [4.78, 5) is 14.3. The molecular weight excluding hydrogens is 326 g/mol. The van der Waals surface area contributed by atoms with E-state index < -0.39 is 10.0 Å². The molecule has 0 bridgehead atoms. The molecule has 6 nitrogen and oxygen atoms in total. The second-order valence-corrected chi connectivity index (χ2v) is 6.90. The van der Waals surface area contributed by atoms with Crippen molar-refractivity contribution in [3.8, 4) is 0 Å². The number of H-pyrrole nitrogens is 1. The van der Waals surface area contributed by atoms with Gasteiger partial charge < -0.3 is 4.98 Å². The van der Waals surface area contributed by atoms with Crippen molar-refractivity contribution in [2.75, 3.05) is 4.72 Å². The average molecular weight is 338 g/mol. The van der Waals surface area contributed by atoms with Crippen molar-refractivity contribution in [2.24, 2.45) is 7.05 Å². The Hall–Kier alpha value is -2.25. The maximum Gasteiger partial charge on any atom is 0.326 e. The number of sulfonamides is 1. The predicted molar refractivity (Wildman–Crippen MR) is 85.8 cm³/mol. The van der Waals surface area contributed by atoms with E-state index >= 15 is 0 Å². The van der Waals surface area contributed by atoms with Gasteiger partial charge in [0.2, 0.25) is 0 Å². The zero-order valence-electron chi connectivity index (χ0n) is 11.5. The van der Waals surface area contributed by atoms with Crippen LogP contribution in [-0.4, -0.2) is 18.0 Å². The molecule has 0 saturated carbocycles. The van der Waals surface area contributed by atoms with E-state index in [1.165, 1.54) is 28.8 Å². The Morgan fingerprint density at radius 2 is 1.82 bits per heavy atom. The summed E-state index contributed by atoms with van der Waals surface area (Å²) in [6, 6.07) is 10.7. The molecule has 0 unspecified atom stereocenters. The van der Waals surface area contributed by atoms with E-state index in [0.29, 0.717) is 21.7 Å². The summed E-state index contributed by atoms with van der Waals surface area (Å²) in [5.41, 5.74) is 1.36. The second kappa shape index (κ2) is 5.19. The lowest BCUT2D eigenvalue weighted by Crippen LogP contribution is -2.12. The van der Waals surface area contributed by atoms with E-state index in [9.17, 15) is 13.2 Å². The van der Waals surface area contributed by atoms with Crippen molar-refractivity contribution in [1.29, 1.82) is 0 Å². The first kappa shape index (κ1) is 14.7. The van der Waals surface area contributed by atoms with Crippen LogP contribution in [0.15, 0.2) is 52.2 Å². The quantitative estimate of drug-likeness (QED) is 0.769. The van der Waals surface area contributed by atoms with Gasteiger partial charge in [-0.2, -0.15) is 0 Å². The third kappa shape index (κ3) is 2.60. The molecule has 0 amide bonds. The van der Waals surface area contributed by atoms with Gasteiger partial charge in [-0.05, 0) is 42.5 Å². The number of aromatic nitrogens is 2. The van der Waals surface area contributed by atoms with E-state index in [1.807, 2.05) is 0 Å². The largest absolute Gasteiger partial charge is 0.326 e. The molecule has 0 radical (unpaired) electrons. The van der Waals surface area contributed by atoms with E-state index in [-0.39, 0.29) is 10.6 Å². The van der Waals surface area contributed by atoms with Crippen LogP contribution >= 0.6 is 11.6 Å². The molecule has 3 rings (SSSR count). The first-order chi connectivity index (χ1) is 10.4. The van der Waals surface area contributed by atoms with Gasteiger partial charge in [0.1, 0.15) is 0 Å². The molecule has 0 aliphatic heterocycles. The smallest absolute Gasteiger partial charge is 0.305 e. The fourth-order valence-corrected chi connectivity index (χ4v) is 3.30. The molecule has 0 spiro atoms. The van der Waals surface area contributed by atoms with Gasteiger partial charge in [-0.15, -0.1) is 0 Å². The molecule has 22 heavy (non-hydrogen) atoms. The number of benzene rings is 2. The van der Waals surface area contributed by atoms with Crippen LogP contribution in [0.1, 0.15) is 0 Å². The lowest BCUT2D eigenvalue weighted by molar-refractivity contribution is 0.601. The van der Waals surface area contributed by atoms with Crippen molar-refractivity contribution in [2.45, 2.75) is 4.90 Å². The van der Waals surface area contributed by atoms with Crippen molar-refractivity contribution in [3.05, 3.63) is 58.0 Å². The van der Waals surface area contributed by atoms with Crippen LogP contribution in [0.3, 0.4) is 0 Å². The molecule has 8 heteroatoms. The zero-order chi connectivity index (χ0) is 15.9. The molecule has 0 aliphatic carbocycles. The summed E-state index contributed by atoms with van der Waals surface area (Å²) in [5.74, 6) is 0. The Balaban J connectivity index is 1.98. The first-order valence-electron chi connectivity index (χ1n) is 6.34. The normalized spacial score (nSPS) is 11.7. The molecule has 114 valence electrons. The van der Waals surface area contributed by atoms with Crippen LogP contribution in [0.25, 0.3) is 11.0 Å². The number of halogens is 1. The highest BCUT2D eigenvalue weighted by Gasteiger charge is 2.14. The minimum atomic E-state index is -3.71. The number of imidazole rings is 1. The van der Waals surface area contributed by atoms with Crippen molar-refractivity contribution in [1.82, 2.24) is 9.55 Å². The molecule has 0 saturated heterocycles. The lowest BCUT2D eigenvalue weighted by atomic mass is 10.3. The minimum Gasteiger partial charge on any atom is -0.305 e. The average Bonchev–Trinajstić information content (AvgIpc) is 2.73. The highest BCUT2D eigenvalue weighted by molar-refractivity contribution is 7.92. The van der Waals surface area contributed by atoms with Crippen molar-refractivity contribution >= 4 is 38.3 Å². The van der Waals surface area contributed by atoms with Crippen LogP contribution in [0.2, 0.25) is 5.02 Å². The topological polar surface area (TPSA) is 84.0 Å². The Morgan fingerprint density at radius 1 is 1.14 bits per heavy atom. The molecule has 2 aromatic carbocycles.